The summed E-state index contributed by atoms with van der Waals surface area (Å²) in [5, 5.41) is 0. The number of hydrogen-bond donors (Lipinski definition) is 0. The van der Waals surface area contributed by atoms with Crippen LogP contribution in [0.25, 0.3) is 0 Å². The van der Waals surface area contributed by atoms with Gasteiger partial charge in [-0.05, 0) is 49.4 Å². The molecule has 2 aliphatic rings. The first kappa shape index (κ1) is 14.6. The van der Waals surface area contributed by atoms with E-state index in [0.717, 1.165) is 17.8 Å². The summed E-state index contributed by atoms with van der Waals surface area (Å²) in [4.78, 5) is 15.5. The third-order valence-electron chi connectivity index (χ3n) is 5.50. The Kier molecular flexibility index (Phi) is 4.05. The number of carbonyl (C=O) groups excluding carboxylic acids is 1. The molecule has 0 saturated heterocycles. The molecule has 1 heterocycles. The number of nitrogens with zero attached hydrogens (tertiary/aromatic N) is 2. The molecule has 0 N–H and O–H groups in total. The minimum atomic E-state index is -0.269. The third-order valence-corrected chi connectivity index (χ3v) is 5.50. The summed E-state index contributed by atoms with van der Waals surface area (Å²) in [6.45, 7) is 6.24. The molecular formula is C17H26N2O2. The maximum atomic E-state index is 11.3. The van der Waals surface area contributed by atoms with Gasteiger partial charge in [-0.1, -0.05) is 20.3 Å². The predicted octanol–water partition coefficient (Wildman–Crippen LogP) is 3.83. The lowest BCUT2D eigenvalue weighted by atomic mass is 9.61. The second-order valence-electron chi connectivity index (χ2n) is 7.11. The number of ether oxygens (including phenoxy) is 1. The molecule has 1 aromatic rings. The van der Waals surface area contributed by atoms with Crippen molar-refractivity contribution in [3.63, 3.8) is 0 Å². The van der Waals surface area contributed by atoms with Crippen LogP contribution in [0.2, 0.25) is 0 Å². The number of fused-ring (bicyclic) bond motifs is 1. The van der Waals surface area contributed by atoms with Gasteiger partial charge in [0.15, 0.2) is 0 Å². The van der Waals surface area contributed by atoms with Crippen LogP contribution < -0.4 is 4.74 Å². The van der Waals surface area contributed by atoms with E-state index in [1.165, 1.54) is 39.0 Å². The zero-order chi connectivity index (χ0) is 15.0. The summed E-state index contributed by atoms with van der Waals surface area (Å²) in [7, 11) is 0. The minimum absolute atomic E-state index is 0.269. The monoisotopic (exact) mass is 290 g/mol. The summed E-state index contributed by atoms with van der Waals surface area (Å²) in [5.41, 5.74) is 0. The smallest absolute Gasteiger partial charge is 0.309 e. The van der Waals surface area contributed by atoms with E-state index in [0.29, 0.717) is 17.8 Å². The molecule has 0 aliphatic heterocycles. The van der Waals surface area contributed by atoms with E-state index >= 15 is 0 Å². The van der Waals surface area contributed by atoms with E-state index in [4.69, 9.17) is 4.74 Å². The lowest BCUT2D eigenvalue weighted by Crippen LogP contribution is -2.39. The molecule has 2 aliphatic carbocycles. The van der Waals surface area contributed by atoms with Crippen molar-refractivity contribution in [2.45, 2.75) is 58.9 Å². The Balaban J connectivity index is 1.87. The average molecular weight is 290 g/mol. The first-order valence-electron chi connectivity index (χ1n) is 8.26. The zero-order valence-electron chi connectivity index (χ0n) is 13.3. The highest BCUT2D eigenvalue weighted by atomic mass is 16.5. The Hall–Kier alpha value is -1.32. The standard InChI is InChI=1S/C17H26N2O2/c1-11-7-12(2)14-5-4-6-16(15(14)8-11)19-10-18-9-17(19)21-13(3)20/h9-12,14-16H,4-8H2,1-3H3. The summed E-state index contributed by atoms with van der Waals surface area (Å²) in [5.74, 6) is 3.45. The number of carbonyl (C=O) groups is 1. The topological polar surface area (TPSA) is 44.1 Å². The number of rotatable bonds is 2. The van der Waals surface area contributed by atoms with Crippen LogP contribution >= 0.6 is 0 Å². The number of aromatic nitrogens is 2. The van der Waals surface area contributed by atoms with Crippen LogP contribution in [0.15, 0.2) is 12.5 Å². The Morgan fingerprint density at radius 3 is 2.86 bits per heavy atom. The highest BCUT2D eigenvalue weighted by Crippen LogP contribution is 2.50. The maximum absolute atomic E-state index is 11.3. The lowest BCUT2D eigenvalue weighted by molar-refractivity contribution is -0.132. The van der Waals surface area contributed by atoms with Gasteiger partial charge in [0, 0.05) is 13.0 Å². The Labute approximate surface area is 126 Å². The van der Waals surface area contributed by atoms with Crippen molar-refractivity contribution in [1.29, 1.82) is 0 Å². The van der Waals surface area contributed by atoms with Crippen molar-refractivity contribution < 1.29 is 9.53 Å². The predicted molar refractivity (Wildman–Crippen MR) is 81.0 cm³/mol. The second-order valence-corrected chi connectivity index (χ2v) is 7.11. The van der Waals surface area contributed by atoms with Crippen molar-refractivity contribution in [2.24, 2.45) is 23.7 Å². The molecule has 1 aromatic heterocycles. The van der Waals surface area contributed by atoms with E-state index in [9.17, 15) is 4.79 Å². The molecule has 0 bridgehead atoms. The van der Waals surface area contributed by atoms with Gasteiger partial charge in [0.25, 0.3) is 0 Å². The van der Waals surface area contributed by atoms with Crippen molar-refractivity contribution in [3.8, 4) is 5.88 Å². The van der Waals surface area contributed by atoms with Gasteiger partial charge in [0.1, 0.15) is 0 Å². The Morgan fingerprint density at radius 1 is 1.29 bits per heavy atom. The largest absolute Gasteiger partial charge is 0.408 e. The summed E-state index contributed by atoms with van der Waals surface area (Å²) in [6.07, 6.45) is 9.95. The second kappa shape index (κ2) is 5.82. The van der Waals surface area contributed by atoms with Gasteiger partial charge in [-0.3, -0.25) is 9.36 Å². The molecule has 116 valence electrons. The molecule has 2 fully saturated rings. The first-order valence-corrected chi connectivity index (χ1v) is 8.26. The van der Waals surface area contributed by atoms with Crippen molar-refractivity contribution in [2.75, 3.05) is 0 Å². The van der Waals surface area contributed by atoms with E-state index in [2.05, 4.69) is 23.4 Å². The van der Waals surface area contributed by atoms with Gasteiger partial charge >= 0.3 is 5.97 Å². The highest BCUT2D eigenvalue weighted by Gasteiger charge is 2.41. The fourth-order valence-corrected chi connectivity index (χ4v) is 4.80. The summed E-state index contributed by atoms with van der Waals surface area (Å²) >= 11 is 0. The molecule has 0 radical (unpaired) electrons. The highest BCUT2D eigenvalue weighted by molar-refractivity contribution is 5.68. The molecule has 0 spiro atoms. The third kappa shape index (κ3) is 2.85. The minimum Gasteiger partial charge on any atom is -0.408 e. The zero-order valence-corrected chi connectivity index (χ0v) is 13.3. The van der Waals surface area contributed by atoms with Gasteiger partial charge in [-0.15, -0.1) is 0 Å². The summed E-state index contributed by atoms with van der Waals surface area (Å²) < 4.78 is 7.45. The van der Waals surface area contributed by atoms with Gasteiger partial charge in [0.2, 0.25) is 5.88 Å². The van der Waals surface area contributed by atoms with Crippen molar-refractivity contribution >= 4 is 5.97 Å². The van der Waals surface area contributed by atoms with Crippen LogP contribution in [0.4, 0.5) is 0 Å². The van der Waals surface area contributed by atoms with Gasteiger partial charge in [-0.25, -0.2) is 4.98 Å². The van der Waals surface area contributed by atoms with Gasteiger partial charge in [-0.2, -0.15) is 0 Å². The summed E-state index contributed by atoms with van der Waals surface area (Å²) in [6, 6.07) is 0.436. The molecule has 4 heteroatoms. The molecule has 0 amide bonds. The molecule has 2 saturated carbocycles. The molecule has 5 unspecified atom stereocenters. The van der Waals surface area contributed by atoms with E-state index in [-0.39, 0.29) is 5.97 Å². The number of esters is 1. The maximum Gasteiger partial charge on any atom is 0.309 e. The average Bonchev–Trinajstić information content (AvgIpc) is 2.85. The van der Waals surface area contributed by atoms with Crippen molar-refractivity contribution in [1.82, 2.24) is 9.55 Å². The van der Waals surface area contributed by atoms with E-state index < -0.39 is 0 Å². The molecule has 4 nitrogen and oxygen atoms in total. The number of hydrogen-bond acceptors (Lipinski definition) is 3. The normalized spacial score (nSPS) is 36.0. The Bertz CT molecular complexity index is 511. The van der Waals surface area contributed by atoms with E-state index in [1.807, 2.05) is 6.33 Å². The molecular weight excluding hydrogens is 264 g/mol. The van der Waals surface area contributed by atoms with E-state index in [1.54, 1.807) is 6.20 Å². The lowest BCUT2D eigenvalue weighted by Gasteiger charge is -2.47. The van der Waals surface area contributed by atoms with Crippen LogP contribution in [0.1, 0.15) is 58.9 Å². The van der Waals surface area contributed by atoms with Gasteiger partial charge in [0.05, 0.1) is 12.5 Å². The molecule has 0 aromatic carbocycles. The SMILES string of the molecule is CC(=O)Oc1cncn1C1CCCC2C(C)CC(C)CC21. The fourth-order valence-electron chi connectivity index (χ4n) is 4.80. The quantitative estimate of drug-likeness (QED) is 0.777. The van der Waals surface area contributed by atoms with Crippen LogP contribution in [-0.2, 0) is 4.79 Å². The molecule has 3 rings (SSSR count). The van der Waals surface area contributed by atoms with Crippen LogP contribution in [0.3, 0.4) is 0 Å². The van der Waals surface area contributed by atoms with Crippen LogP contribution in [0.5, 0.6) is 5.88 Å². The Morgan fingerprint density at radius 2 is 2.10 bits per heavy atom. The number of imidazole rings is 1. The van der Waals surface area contributed by atoms with Crippen LogP contribution in [-0.4, -0.2) is 15.5 Å². The molecule has 5 atom stereocenters. The fraction of sp³-hybridized carbons (Fsp3) is 0.765. The molecule has 21 heavy (non-hydrogen) atoms. The van der Waals surface area contributed by atoms with Crippen LogP contribution in [0, 0.1) is 23.7 Å². The van der Waals surface area contributed by atoms with Crippen molar-refractivity contribution in [3.05, 3.63) is 12.5 Å². The van der Waals surface area contributed by atoms with Gasteiger partial charge < -0.3 is 4.74 Å². The first-order chi connectivity index (χ1) is 10.1.